The van der Waals surface area contributed by atoms with Gasteiger partial charge in [0, 0.05) is 11.8 Å². The number of aldehydes is 1. The Labute approximate surface area is 97.4 Å². The normalized spacial score (nSPS) is 18.3. The van der Waals surface area contributed by atoms with E-state index in [0.717, 1.165) is 11.8 Å². The van der Waals surface area contributed by atoms with Crippen LogP contribution in [0, 0.1) is 0 Å². The predicted molar refractivity (Wildman–Crippen MR) is 57.4 cm³/mol. The lowest BCUT2D eigenvalue weighted by atomic mass is 9.77. The van der Waals surface area contributed by atoms with Gasteiger partial charge >= 0.3 is 0 Å². The van der Waals surface area contributed by atoms with Gasteiger partial charge in [-0.15, -0.1) is 0 Å². The van der Waals surface area contributed by atoms with Gasteiger partial charge in [-0.2, -0.15) is 0 Å². The van der Waals surface area contributed by atoms with E-state index in [4.69, 9.17) is 27.9 Å². The van der Waals surface area contributed by atoms with Gasteiger partial charge in [0.2, 0.25) is 0 Å². The molecule has 1 aromatic heterocycles. The number of carbonyl (C=O) groups excluding carboxylic acids is 1. The monoisotopic (exact) mass is 245 g/mol. The summed E-state index contributed by atoms with van der Waals surface area (Å²) in [6.45, 7) is 1.06. The molecule has 0 unspecified atom stereocenters. The van der Waals surface area contributed by atoms with E-state index in [1.165, 1.54) is 0 Å². The average molecular weight is 246 g/mol. The number of halogens is 2. The van der Waals surface area contributed by atoms with Crippen molar-refractivity contribution in [3.8, 4) is 0 Å². The number of aromatic nitrogens is 1. The largest absolute Gasteiger partial charge is 0.379 e. The molecular weight excluding hydrogens is 237 g/mol. The maximum absolute atomic E-state index is 10.6. The average Bonchev–Trinajstić information content (AvgIpc) is 2.09. The Morgan fingerprint density at radius 3 is 2.40 bits per heavy atom. The summed E-state index contributed by atoms with van der Waals surface area (Å²) in [5.41, 5.74) is 0.670. The van der Waals surface area contributed by atoms with Crippen LogP contribution >= 0.6 is 23.2 Å². The molecule has 1 aromatic rings. The minimum absolute atomic E-state index is 0.252. The number of hydrogen-bond acceptors (Lipinski definition) is 3. The zero-order chi connectivity index (χ0) is 10.9. The predicted octanol–water partition coefficient (Wildman–Crippen LogP) is 2.25. The standard InChI is InChI=1S/C10H9Cl2NO2/c11-8-3-7(4-9(12)13-8)10(1-2-14)5-15-6-10/h2-4H,1,5-6H2. The topological polar surface area (TPSA) is 39.2 Å². The molecule has 3 nitrogen and oxygen atoms in total. The van der Waals surface area contributed by atoms with Crippen molar-refractivity contribution < 1.29 is 9.53 Å². The molecule has 2 rings (SSSR count). The van der Waals surface area contributed by atoms with Crippen molar-refractivity contribution in [3.63, 3.8) is 0 Å². The van der Waals surface area contributed by atoms with E-state index in [2.05, 4.69) is 4.98 Å². The second kappa shape index (κ2) is 4.08. The number of carbonyl (C=O) groups is 1. The zero-order valence-electron chi connectivity index (χ0n) is 7.87. The second-order valence-electron chi connectivity index (χ2n) is 3.65. The van der Waals surface area contributed by atoms with Crippen LogP contribution in [-0.2, 0) is 14.9 Å². The third-order valence-electron chi connectivity index (χ3n) is 2.61. The summed E-state index contributed by atoms with van der Waals surface area (Å²) in [7, 11) is 0. The number of nitrogens with zero attached hydrogens (tertiary/aromatic N) is 1. The van der Waals surface area contributed by atoms with Gasteiger partial charge in [-0.1, -0.05) is 23.2 Å². The molecule has 0 atom stereocenters. The highest BCUT2D eigenvalue weighted by molar-refractivity contribution is 6.32. The molecule has 0 aromatic carbocycles. The lowest BCUT2D eigenvalue weighted by Crippen LogP contribution is -2.47. The lowest BCUT2D eigenvalue weighted by Gasteiger charge is -2.40. The van der Waals surface area contributed by atoms with Crippen LogP contribution in [-0.4, -0.2) is 24.5 Å². The molecule has 1 fully saturated rings. The summed E-state index contributed by atoms with van der Waals surface area (Å²) in [6, 6.07) is 3.47. The van der Waals surface area contributed by atoms with E-state index < -0.39 is 0 Å². The summed E-state index contributed by atoms with van der Waals surface area (Å²) in [4.78, 5) is 14.5. The minimum Gasteiger partial charge on any atom is -0.379 e. The SMILES string of the molecule is O=CCC1(c2cc(Cl)nc(Cl)c2)COC1. The molecule has 0 radical (unpaired) electrons. The van der Waals surface area contributed by atoms with Crippen molar-refractivity contribution >= 4 is 29.5 Å². The molecule has 0 N–H and O–H groups in total. The van der Waals surface area contributed by atoms with Crippen molar-refractivity contribution in [2.24, 2.45) is 0 Å². The summed E-state index contributed by atoms with van der Waals surface area (Å²) in [5.74, 6) is 0. The zero-order valence-corrected chi connectivity index (χ0v) is 9.38. The van der Waals surface area contributed by atoms with Gasteiger partial charge in [0.15, 0.2) is 0 Å². The fraction of sp³-hybridized carbons (Fsp3) is 0.400. The van der Waals surface area contributed by atoms with E-state index in [9.17, 15) is 4.79 Å². The first kappa shape index (κ1) is 10.9. The molecule has 0 saturated carbocycles. The maximum Gasteiger partial charge on any atom is 0.131 e. The van der Waals surface area contributed by atoms with Gasteiger partial charge in [0.05, 0.1) is 13.2 Å². The number of pyridine rings is 1. The van der Waals surface area contributed by atoms with E-state index in [1.54, 1.807) is 12.1 Å². The van der Waals surface area contributed by atoms with Crippen LogP contribution in [0.3, 0.4) is 0 Å². The van der Waals surface area contributed by atoms with Crippen molar-refractivity contribution in [1.29, 1.82) is 0 Å². The highest BCUT2D eigenvalue weighted by Crippen LogP contribution is 2.36. The molecule has 0 bridgehead atoms. The summed E-state index contributed by atoms with van der Waals surface area (Å²) >= 11 is 11.6. The van der Waals surface area contributed by atoms with Crippen LogP contribution in [0.4, 0.5) is 0 Å². The van der Waals surface area contributed by atoms with E-state index >= 15 is 0 Å². The Kier molecular flexibility index (Phi) is 2.96. The number of ether oxygens (including phenoxy) is 1. The van der Waals surface area contributed by atoms with Gasteiger partial charge in [0.25, 0.3) is 0 Å². The molecule has 80 valence electrons. The van der Waals surface area contributed by atoms with Crippen LogP contribution < -0.4 is 0 Å². The maximum atomic E-state index is 10.6. The Morgan fingerprint density at radius 1 is 1.40 bits per heavy atom. The lowest BCUT2D eigenvalue weighted by molar-refractivity contribution is -0.116. The highest BCUT2D eigenvalue weighted by Gasteiger charge is 2.40. The molecule has 1 saturated heterocycles. The van der Waals surface area contributed by atoms with Gasteiger partial charge in [-0.05, 0) is 17.7 Å². The molecule has 2 heterocycles. The summed E-state index contributed by atoms with van der Waals surface area (Å²) in [5, 5.41) is 0.685. The van der Waals surface area contributed by atoms with E-state index in [0.29, 0.717) is 29.9 Å². The Hall–Kier alpha value is -0.640. The van der Waals surface area contributed by atoms with Crippen molar-refractivity contribution in [1.82, 2.24) is 4.98 Å². The molecular formula is C10H9Cl2NO2. The van der Waals surface area contributed by atoms with Crippen molar-refractivity contribution in [2.75, 3.05) is 13.2 Å². The Balaban J connectivity index is 2.38. The Bertz CT molecular complexity index is 371. The van der Waals surface area contributed by atoms with E-state index in [-0.39, 0.29) is 5.41 Å². The third kappa shape index (κ3) is 2.00. The molecule has 0 aliphatic carbocycles. The summed E-state index contributed by atoms with van der Waals surface area (Å²) < 4.78 is 5.16. The quantitative estimate of drug-likeness (QED) is 0.606. The van der Waals surface area contributed by atoms with Crippen LogP contribution in [0.5, 0.6) is 0 Å². The van der Waals surface area contributed by atoms with Crippen LogP contribution in [0.25, 0.3) is 0 Å². The van der Waals surface area contributed by atoms with Gasteiger partial charge in [-0.3, -0.25) is 0 Å². The van der Waals surface area contributed by atoms with Gasteiger partial charge < -0.3 is 9.53 Å². The highest BCUT2D eigenvalue weighted by atomic mass is 35.5. The first-order valence-corrected chi connectivity index (χ1v) is 5.27. The molecule has 5 heteroatoms. The van der Waals surface area contributed by atoms with Crippen LogP contribution in [0.2, 0.25) is 10.3 Å². The second-order valence-corrected chi connectivity index (χ2v) is 4.42. The molecule has 1 aliphatic rings. The fourth-order valence-corrected chi connectivity index (χ4v) is 2.14. The molecule has 1 aliphatic heterocycles. The molecule has 15 heavy (non-hydrogen) atoms. The minimum atomic E-state index is -0.252. The Morgan fingerprint density at radius 2 is 2.00 bits per heavy atom. The number of rotatable bonds is 3. The van der Waals surface area contributed by atoms with Gasteiger partial charge in [-0.25, -0.2) is 4.98 Å². The van der Waals surface area contributed by atoms with Crippen LogP contribution in [0.1, 0.15) is 12.0 Å². The number of hydrogen-bond donors (Lipinski definition) is 0. The van der Waals surface area contributed by atoms with Crippen molar-refractivity contribution in [3.05, 3.63) is 28.0 Å². The molecule has 0 amide bonds. The van der Waals surface area contributed by atoms with Crippen LogP contribution in [0.15, 0.2) is 12.1 Å². The first-order chi connectivity index (χ1) is 7.16. The third-order valence-corrected chi connectivity index (χ3v) is 2.99. The smallest absolute Gasteiger partial charge is 0.131 e. The van der Waals surface area contributed by atoms with Crippen molar-refractivity contribution in [2.45, 2.75) is 11.8 Å². The summed E-state index contributed by atoms with van der Waals surface area (Å²) in [6.07, 6.45) is 1.31. The van der Waals surface area contributed by atoms with Gasteiger partial charge in [0.1, 0.15) is 16.6 Å². The first-order valence-electron chi connectivity index (χ1n) is 4.51. The fourth-order valence-electron chi connectivity index (χ4n) is 1.68. The molecule has 0 spiro atoms. The van der Waals surface area contributed by atoms with E-state index in [1.807, 2.05) is 0 Å².